The number of aromatic nitrogens is 4. The second-order valence-electron chi connectivity index (χ2n) is 6.88. The number of non-ortho nitro benzene ring substituents is 1. The zero-order chi connectivity index (χ0) is 21.3. The Morgan fingerprint density at radius 2 is 1.93 bits per heavy atom. The molecule has 158 valence electrons. The van der Waals surface area contributed by atoms with Crippen LogP contribution in [0.15, 0.2) is 36.9 Å². The molecule has 0 amide bonds. The molecule has 3 heterocycles. The normalized spacial score (nSPS) is 23.7. The van der Waals surface area contributed by atoms with Crippen molar-refractivity contribution in [3.63, 3.8) is 0 Å². The van der Waals surface area contributed by atoms with Crippen LogP contribution in [0.4, 0.5) is 11.5 Å². The minimum atomic E-state index is -1.24. The van der Waals surface area contributed by atoms with Gasteiger partial charge < -0.3 is 25.4 Å². The highest BCUT2D eigenvalue weighted by molar-refractivity contribution is 5.82. The zero-order valence-corrected chi connectivity index (χ0v) is 15.7. The predicted molar refractivity (Wildman–Crippen MR) is 104 cm³/mol. The molecule has 0 saturated carbocycles. The molecule has 1 aliphatic heterocycles. The van der Waals surface area contributed by atoms with Crippen LogP contribution < -0.4 is 5.32 Å². The molecule has 0 aliphatic carbocycles. The molecule has 1 aromatic carbocycles. The van der Waals surface area contributed by atoms with E-state index in [1.165, 1.54) is 29.4 Å². The molecule has 3 aromatic rings. The average Bonchev–Trinajstić information content (AvgIpc) is 3.30. The summed E-state index contributed by atoms with van der Waals surface area (Å²) in [5.74, 6) is 0.479. The van der Waals surface area contributed by atoms with E-state index in [4.69, 9.17) is 4.74 Å². The number of benzene rings is 1. The first-order valence-electron chi connectivity index (χ1n) is 9.26. The van der Waals surface area contributed by atoms with Crippen LogP contribution in [0.5, 0.6) is 0 Å². The summed E-state index contributed by atoms with van der Waals surface area (Å²) in [4.78, 5) is 23.0. The standard InChI is InChI=1S/C18H20N6O6/c25-7-12-14(26)15(27)18(30-12)23-9-22-13-16(20-8-21-17(13)23)19-6-5-10-1-3-11(4-2-10)24(28)29/h1-4,8-9,12,14-15,18,25-27H,5-7H2,(H,19,20,21)/t12-,14-,15-,18?/m1/s1. The third kappa shape index (κ3) is 3.68. The minimum Gasteiger partial charge on any atom is -0.394 e. The first kappa shape index (κ1) is 20.1. The van der Waals surface area contributed by atoms with Crippen molar-refractivity contribution >= 4 is 22.7 Å². The molecule has 4 rings (SSSR count). The number of hydrogen-bond donors (Lipinski definition) is 4. The summed E-state index contributed by atoms with van der Waals surface area (Å²) < 4.78 is 7.03. The first-order chi connectivity index (χ1) is 14.5. The van der Waals surface area contributed by atoms with Crippen LogP contribution in [-0.4, -0.2) is 71.2 Å². The van der Waals surface area contributed by atoms with Gasteiger partial charge in [0.1, 0.15) is 24.6 Å². The lowest BCUT2D eigenvalue weighted by Gasteiger charge is -2.16. The van der Waals surface area contributed by atoms with Crippen molar-refractivity contribution in [3.8, 4) is 0 Å². The van der Waals surface area contributed by atoms with Gasteiger partial charge in [-0.05, 0) is 12.0 Å². The number of fused-ring (bicyclic) bond motifs is 1. The molecule has 1 fully saturated rings. The highest BCUT2D eigenvalue weighted by Gasteiger charge is 2.44. The van der Waals surface area contributed by atoms with Gasteiger partial charge in [0.25, 0.3) is 5.69 Å². The first-order valence-corrected chi connectivity index (χ1v) is 9.26. The Morgan fingerprint density at radius 3 is 2.60 bits per heavy atom. The van der Waals surface area contributed by atoms with Gasteiger partial charge in [-0.1, -0.05) is 12.1 Å². The van der Waals surface area contributed by atoms with E-state index in [0.29, 0.717) is 29.9 Å². The highest BCUT2D eigenvalue weighted by atomic mass is 16.6. The number of hydrogen-bond acceptors (Lipinski definition) is 10. The lowest BCUT2D eigenvalue weighted by Crippen LogP contribution is -2.33. The second kappa shape index (κ2) is 8.28. The summed E-state index contributed by atoms with van der Waals surface area (Å²) in [5.41, 5.74) is 1.83. The Labute approximate surface area is 169 Å². The molecule has 0 bridgehead atoms. The summed E-state index contributed by atoms with van der Waals surface area (Å²) in [6, 6.07) is 6.32. The molecule has 1 unspecified atom stereocenters. The predicted octanol–water partition coefficient (Wildman–Crippen LogP) is 0.000600. The van der Waals surface area contributed by atoms with Crippen molar-refractivity contribution in [2.24, 2.45) is 0 Å². The van der Waals surface area contributed by atoms with Gasteiger partial charge in [0, 0.05) is 18.7 Å². The van der Waals surface area contributed by atoms with E-state index in [1.807, 2.05) is 0 Å². The van der Waals surface area contributed by atoms with Gasteiger partial charge in [0.05, 0.1) is 17.9 Å². The summed E-state index contributed by atoms with van der Waals surface area (Å²) >= 11 is 0. The Balaban J connectivity index is 1.48. The number of nitrogens with zero attached hydrogens (tertiary/aromatic N) is 5. The van der Waals surface area contributed by atoms with Gasteiger partial charge >= 0.3 is 0 Å². The molecule has 30 heavy (non-hydrogen) atoms. The summed E-state index contributed by atoms with van der Waals surface area (Å²) in [6.45, 7) is 0.0798. The van der Waals surface area contributed by atoms with E-state index in [9.17, 15) is 25.4 Å². The van der Waals surface area contributed by atoms with E-state index in [1.54, 1.807) is 12.1 Å². The fourth-order valence-corrected chi connectivity index (χ4v) is 3.39. The monoisotopic (exact) mass is 416 g/mol. The molecule has 0 radical (unpaired) electrons. The molecule has 4 N–H and O–H groups in total. The van der Waals surface area contributed by atoms with Crippen molar-refractivity contribution in [2.45, 2.75) is 31.0 Å². The largest absolute Gasteiger partial charge is 0.394 e. The maximum absolute atomic E-state index is 10.7. The lowest BCUT2D eigenvalue weighted by molar-refractivity contribution is -0.384. The molecule has 0 spiro atoms. The quantitative estimate of drug-likeness (QED) is 0.304. The van der Waals surface area contributed by atoms with Gasteiger partial charge in [0.15, 0.2) is 23.2 Å². The van der Waals surface area contributed by atoms with E-state index in [-0.39, 0.29) is 5.69 Å². The smallest absolute Gasteiger partial charge is 0.269 e. The van der Waals surface area contributed by atoms with Gasteiger partial charge in [-0.15, -0.1) is 0 Å². The summed E-state index contributed by atoms with van der Waals surface area (Å²) in [6.07, 6.45) is -0.920. The fraction of sp³-hybridized carbons (Fsp3) is 0.389. The zero-order valence-electron chi connectivity index (χ0n) is 15.7. The van der Waals surface area contributed by atoms with Crippen molar-refractivity contribution < 1.29 is 25.0 Å². The number of aliphatic hydroxyl groups excluding tert-OH is 3. The van der Waals surface area contributed by atoms with E-state index >= 15 is 0 Å². The van der Waals surface area contributed by atoms with Crippen molar-refractivity contribution in [1.82, 2.24) is 19.5 Å². The van der Waals surface area contributed by atoms with Crippen LogP contribution in [0.2, 0.25) is 0 Å². The number of nitro benzene ring substituents is 1. The van der Waals surface area contributed by atoms with Gasteiger partial charge in [-0.3, -0.25) is 14.7 Å². The minimum absolute atomic E-state index is 0.0413. The fourth-order valence-electron chi connectivity index (χ4n) is 3.39. The topological polar surface area (TPSA) is 169 Å². The molecule has 1 saturated heterocycles. The molecule has 4 atom stereocenters. The van der Waals surface area contributed by atoms with Crippen LogP contribution >= 0.6 is 0 Å². The third-order valence-corrected chi connectivity index (χ3v) is 5.00. The Hall–Kier alpha value is -3.19. The molecule has 12 heteroatoms. The van der Waals surface area contributed by atoms with Gasteiger partial charge in [-0.25, -0.2) is 15.0 Å². The summed E-state index contributed by atoms with van der Waals surface area (Å²) in [5, 5.41) is 43.4. The number of nitrogens with one attached hydrogen (secondary N) is 1. The maximum Gasteiger partial charge on any atom is 0.269 e. The maximum atomic E-state index is 10.7. The number of rotatable bonds is 7. The number of imidazole rings is 1. The van der Waals surface area contributed by atoms with Crippen LogP contribution in [0.3, 0.4) is 0 Å². The highest BCUT2D eigenvalue weighted by Crippen LogP contribution is 2.32. The second-order valence-corrected chi connectivity index (χ2v) is 6.88. The van der Waals surface area contributed by atoms with Crippen molar-refractivity contribution in [2.75, 3.05) is 18.5 Å². The molecule has 2 aromatic heterocycles. The van der Waals surface area contributed by atoms with E-state index in [2.05, 4.69) is 20.3 Å². The number of nitro groups is 1. The van der Waals surface area contributed by atoms with Gasteiger partial charge in [-0.2, -0.15) is 0 Å². The third-order valence-electron chi connectivity index (χ3n) is 5.00. The molecular formula is C18H20N6O6. The molecule has 12 nitrogen and oxygen atoms in total. The number of anilines is 1. The molecule has 1 aliphatic rings. The van der Waals surface area contributed by atoms with Crippen molar-refractivity contribution in [1.29, 1.82) is 0 Å². The Morgan fingerprint density at radius 1 is 1.17 bits per heavy atom. The summed E-state index contributed by atoms with van der Waals surface area (Å²) in [7, 11) is 0. The number of ether oxygens (including phenoxy) is 1. The Kier molecular flexibility index (Phi) is 5.55. The molecular weight excluding hydrogens is 396 g/mol. The van der Waals surface area contributed by atoms with Crippen LogP contribution in [0.25, 0.3) is 11.2 Å². The number of aliphatic hydroxyl groups is 3. The van der Waals surface area contributed by atoms with E-state index < -0.39 is 36.1 Å². The van der Waals surface area contributed by atoms with Crippen LogP contribution in [-0.2, 0) is 11.2 Å². The average molecular weight is 416 g/mol. The van der Waals surface area contributed by atoms with Crippen molar-refractivity contribution in [3.05, 3.63) is 52.6 Å². The lowest BCUT2D eigenvalue weighted by atomic mass is 10.1. The Bertz CT molecular complexity index is 1040. The van der Waals surface area contributed by atoms with Crippen LogP contribution in [0, 0.1) is 10.1 Å². The van der Waals surface area contributed by atoms with E-state index in [0.717, 1.165) is 5.56 Å². The van der Waals surface area contributed by atoms with Gasteiger partial charge in [0.2, 0.25) is 0 Å². The SMILES string of the molecule is O=[N+]([O-])c1ccc(CCNc2ncnc3c2ncn3C2O[C@H](CO)[C@@H](O)[C@H]2O)cc1. The van der Waals surface area contributed by atoms with Crippen LogP contribution in [0.1, 0.15) is 11.8 Å².